The van der Waals surface area contributed by atoms with Crippen molar-refractivity contribution in [2.45, 2.75) is 4.90 Å². The maximum Gasteiger partial charge on any atom is 0.267 e. The third-order valence-corrected chi connectivity index (χ3v) is 6.01. The van der Waals surface area contributed by atoms with Crippen LogP contribution in [0.25, 0.3) is 0 Å². The average Bonchev–Trinajstić information content (AvgIpc) is 2.36. The Labute approximate surface area is 141 Å². The van der Waals surface area contributed by atoms with Crippen molar-refractivity contribution in [3.8, 4) is 0 Å². The number of rotatable bonds is 3. The number of benzene rings is 2. The number of nitrogens with zero attached hydrogens (tertiary/aromatic N) is 1. The predicted molar refractivity (Wildman–Crippen MR) is 90.6 cm³/mol. The van der Waals surface area contributed by atoms with Crippen molar-refractivity contribution in [2.75, 3.05) is 17.1 Å². The molecule has 0 unspecified atom stereocenters. The third-order valence-electron chi connectivity index (χ3n) is 2.86. The molecule has 0 aromatic heterocycles. The van der Waals surface area contributed by atoms with E-state index in [-0.39, 0.29) is 14.9 Å². The first kappa shape index (κ1) is 16.4. The van der Waals surface area contributed by atoms with Crippen LogP contribution in [-0.4, -0.2) is 15.5 Å². The van der Waals surface area contributed by atoms with Crippen LogP contribution >= 0.6 is 39.1 Å². The molecule has 21 heavy (non-hydrogen) atoms. The molecule has 2 N–H and O–H groups in total. The van der Waals surface area contributed by atoms with E-state index in [0.29, 0.717) is 15.8 Å². The van der Waals surface area contributed by atoms with Gasteiger partial charge in [0.15, 0.2) is 0 Å². The maximum absolute atomic E-state index is 12.7. The van der Waals surface area contributed by atoms with Crippen molar-refractivity contribution in [3.63, 3.8) is 0 Å². The summed E-state index contributed by atoms with van der Waals surface area (Å²) in [6, 6.07) is 9.59. The number of nitrogens with two attached hydrogens (primary N) is 1. The van der Waals surface area contributed by atoms with Gasteiger partial charge in [-0.1, -0.05) is 51.3 Å². The standard InChI is InChI=1S/C13H11BrCl2N2O2S/c1-18(12-5-3-2-4-11(12)17)21(19,20)13-9(15)6-8(14)7-10(13)16/h2-7H,17H2,1H3. The SMILES string of the molecule is CN(c1ccccc1N)S(=O)(=O)c1c(Cl)cc(Br)cc1Cl. The van der Waals surface area contributed by atoms with Gasteiger partial charge in [-0.25, -0.2) is 8.42 Å². The summed E-state index contributed by atoms with van der Waals surface area (Å²) in [5.41, 5.74) is 6.51. The molecule has 0 aliphatic carbocycles. The van der Waals surface area contributed by atoms with Gasteiger partial charge in [0.2, 0.25) is 0 Å². The first-order valence-corrected chi connectivity index (χ1v) is 8.72. The highest BCUT2D eigenvalue weighted by Crippen LogP contribution is 2.36. The van der Waals surface area contributed by atoms with Crippen LogP contribution in [0.5, 0.6) is 0 Å². The Morgan fingerprint density at radius 3 is 2.19 bits per heavy atom. The molecule has 0 aliphatic rings. The fourth-order valence-electron chi connectivity index (χ4n) is 1.82. The normalized spacial score (nSPS) is 11.4. The average molecular weight is 410 g/mol. The van der Waals surface area contributed by atoms with Crippen molar-refractivity contribution in [1.29, 1.82) is 0 Å². The lowest BCUT2D eigenvalue weighted by Crippen LogP contribution is -2.27. The maximum atomic E-state index is 12.7. The van der Waals surface area contributed by atoms with Crippen molar-refractivity contribution in [2.24, 2.45) is 0 Å². The van der Waals surface area contributed by atoms with Gasteiger partial charge in [-0.2, -0.15) is 0 Å². The molecule has 2 aromatic rings. The Bertz CT molecular complexity index is 774. The Kier molecular flexibility index (Phi) is 4.72. The molecule has 0 radical (unpaired) electrons. The van der Waals surface area contributed by atoms with Crippen molar-refractivity contribution in [3.05, 3.63) is 50.9 Å². The van der Waals surface area contributed by atoms with E-state index in [1.807, 2.05) is 0 Å². The second kappa shape index (κ2) is 6.04. The fourth-order valence-corrected chi connectivity index (χ4v) is 4.92. The molecule has 0 saturated heterocycles. The molecule has 0 amide bonds. The fraction of sp³-hybridized carbons (Fsp3) is 0.0769. The molecule has 0 heterocycles. The second-order valence-corrected chi connectivity index (χ2v) is 7.87. The number of anilines is 2. The number of nitrogen functional groups attached to an aromatic ring is 1. The lowest BCUT2D eigenvalue weighted by atomic mass is 10.3. The van der Waals surface area contributed by atoms with Gasteiger partial charge in [-0.3, -0.25) is 4.31 Å². The van der Waals surface area contributed by atoms with E-state index in [9.17, 15) is 8.42 Å². The smallest absolute Gasteiger partial charge is 0.267 e. The first-order chi connectivity index (χ1) is 9.75. The van der Waals surface area contributed by atoms with Gasteiger partial charge in [0, 0.05) is 11.5 Å². The monoisotopic (exact) mass is 408 g/mol. The zero-order valence-corrected chi connectivity index (χ0v) is 14.8. The molecule has 0 spiro atoms. The summed E-state index contributed by atoms with van der Waals surface area (Å²) in [7, 11) is -2.53. The molecule has 4 nitrogen and oxygen atoms in total. The zero-order chi connectivity index (χ0) is 15.8. The van der Waals surface area contributed by atoms with E-state index < -0.39 is 10.0 Å². The van der Waals surface area contributed by atoms with Gasteiger partial charge >= 0.3 is 0 Å². The van der Waals surface area contributed by atoms with Crippen LogP contribution in [0.2, 0.25) is 10.0 Å². The molecule has 0 fully saturated rings. The van der Waals surface area contributed by atoms with Gasteiger partial charge in [0.1, 0.15) is 4.90 Å². The van der Waals surface area contributed by atoms with E-state index in [0.717, 1.165) is 4.31 Å². The van der Waals surface area contributed by atoms with Crippen LogP contribution in [0.1, 0.15) is 0 Å². The van der Waals surface area contributed by atoms with Crippen molar-refractivity contribution < 1.29 is 8.42 Å². The molecule has 0 bridgehead atoms. The van der Waals surface area contributed by atoms with E-state index in [1.165, 1.54) is 19.2 Å². The van der Waals surface area contributed by atoms with E-state index in [4.69, 9.17) is 28.9 Å². The van der Waals surface area contributed by atoms with Crippen LogP contribution < -0.4 is 10.0 Å². The van der Waals surface area contributed by atoms with Crippen LogP contribution in [0.4, 0.5) is 11.4 Å². The topological polar surface area (TPSA) is 63.4 Å². The summed E-state index contributed by atoms with van der Waals surface area (Å²) < 4.78 is 27.1. The van der Waals surface area contributed by atoms with Gasteiger partial charge in [-0.05, 0) is 24.3 Å². The third kappa shape index (κ3) is 3.13. The molecule has 0 saturated carbocycles. The summed E-state index contributed by atoms with van der Waals surface area (Å²) in [5, 5.41) is 0.0754. The summed E-state index contributed by atoms with van der Waals surface area (Å²) in [6.07, 6.45) is 0. The number of hydrogen-bond donors (Lipinski definition) is 1. The number of hydrogen-bond acceptors (Lipinski definition) is 3. The van der Waals surface area contributed by atoms with E-state index in [2.05, 4.69) is 15.9 Å². The van der Waals surface area contributed by atoms with Gasteiger partial charge in [-0.15, -0.1) is 0 Å². The Balaban J connectivity index is 2.61. The van der Waals surface area contributed by atoms with Crippen LogP contribution in [0, 0.1) is 0 Å². The summed E-state index contributed by atoms with van der Waals surface area (Å²) in [4.78, 5) is -0.153. The Morgan fingerprint density at radius 2 is 1.67 bits per heavy atom. The summed E-state index contributed by atoms with van der Waals surface area (Å²) >= 11 is 15.3. The highest BCUT2D eigenvalue weighted by atomic mass is 79.9. The zero-order valence-electron chi connectivity index (χ0n) is 10.8. The molecule has 0 aliphatic heterocycles. The molecule has 2 rings (SSSR count). The van der Waals surface area contributed by atoms with E-state index >= 15 is 0 Å². The minimum absolute atomic E-state index is 0.0377. The van der Waals surface area contributed by atoms with Crippen LogP contribution in [0.15, 0.2) is 45.8 Å². The highest BCUT2D eigenvalue weighted by molar-refractivity contribution is 9.10. The largest absolute Gasteiger partial charge is 0.397 e. The quantitative estimate of drug-likeness (QED) is 0.774. The Hall–Kier alpha value is -0.950. The first-order valence-electron chi connectivity index (χ1n) is 5.73. The minimum atomic E-state index is -3.92. The lowest BCUT2D eigenvalue weighted by molar-refractivity contribution is 0.594. The summed E-state index contributed by atoms with van der Waals surface area (Å²) in [5.74, 6) is 0. The molecule has 112 valence electrons. The van der Waals surface area contributed by atoms with Crippen LogP contribution in [-0.2, 0) is 10.0 Å². The van der Waals surface area contributed by atoms with Crippen LogP contribution in [0.3, 0.4) is 0 Å². The van der Waals surface area contributed by atoms with Gasteiger partial charge in [0.05, 0.1) is 21.4 Å². The minimum Gasteiger partial charge on any atom is -0.397 e. The van der Waals surface area contributed by atoms with E-state index in [1.54, 1.807) is 24.3 Å². The lowest BCUT2D eigenvalue weighted by Gasteiger charge is -2.22. The summed E-state index contributed by atoms with van der Waals surface area (Å²) in [6.45, 7) is 0. The molecular weight excluding hydrogens is 399 g/mol. The van der Waals surface area contributed by atoms with Gasteiger partial charge in [0.25, 0.3) is 10.0 Å². The van der Waals surface area contributed by atoms with Crippen molar-refractivity contribution >= 4 is 60.5 Å². The Morgan fingerprint density at radius 1 is 1.14 bits per heavy atom. The van der Waals surface area contributed by atoms with Gasteiger partial charge < -0.3 is 5.73 Å². The molecule has 0 atom stereocenters. The highest BCUT2D eigenvalue weighted by Gasteiger charge is 2.28. The number of halogens is 3. The molecular formula is C13H11BrCl2N2O2S. The van der Waals surface area contributed by atoms with Crippen molar-refractivity contribution in [1.82, 2.24) is 0 Å². The second-order valence-electron chi connectivity index (χ2n) is 4.23. The predicted octanol–water partition coefficient (Wildman–Crippen LogP) is 4.16. The molecule has 8 heteroatoms. The number of para-hydroxylation sites is 2. The number of sulfonamides is 1. The molecule has 2 aromatic carbocycles.